The number of rotatable bonds is 3. The van der Waals surface area contributed by atoms with E-state index in [4.69, 9.17) is 5.73 Å². The molecule has 0 aromatic heterocycles. The van der Waals surface area contributed by atoms with E-state index in [1.807, 2.05) is 6.92 Å². The van der Waals surface area contributed by atoms with Crippen molar-refractivity contribution in [2.75, 3.05) is 0 Å². The SMILES string of the molecule is CCc1[c]c(CN)cc([N+](=O)[O-])c1. The largest absolute Gasteiger partial charge is 0.326 e. The number of nitrogens with zero attached hydrogens (tertiary/aromatic N) is 1. The number of non-ortho nitro benzene ring substituents is 1. The van der Waals surface area contributed by atoms with E-state index in [2.05, 4.69) is 6.07 Å². The van der Waals surface area contributed by atoms with Crippen molar-refractivity contribution in [1.29, 1.82) is 0 Å². The fourth-order valence-corrected chi connectivity index (χ4v) is 1.08. The monoisotopic (exact) mass is 179 g/mol. The molecule has 0 aliphatic rings. The molecule has 69 valence electrons. The predicted octanol–water partition coefficient (Wildman–Crippen LogP) is 1.42. The summed E-state index contributed by atoms with van der Waals surface area (Å²) in [5.41, 5.74) is 7.00. The highest BCUT2D eigenvalue weighted by atomic mass is 16.6. The van der Waals surface area contributed by atoms with Gasteiger partial charge in [0.05, 0.1) is 4.92 Å². The highest BCUT2D eigenvalue weighted by Crippen LogP contribution is 2.16. The molecule has 1 rings (SSSR count). The van der Waals surface area contributed by atoms with Crippen LogP contribution >= 0.6 is 0 Å². The molecule has 0 aliphatic carbocycles. The van der Waals surface area contributed by atoms with Crippen LogP contribution in [0.15, 0.2) is 12.1 Å². The van der Waals surface area contributed by atoms with Gasteiger partial charge in [-0.05, 0) is 23.6 Å². The minimum atomic E-state index is -0.411. The lowest BCUT2D eigenvalue weighted by atomic mass is 10.1. The number of nitro benzene ring substituents is 1. The molecule has 1 aromatic carbocycles. The van der Waals surface area contributed by atoms with Gasteiger partial charge in [0.15, 0.2) is 0 Å². The molecule has 4 nitrogen and oxygen atoms in total. The number of benzene rings is 1. The Labute approximate surface area is 76.5 Å². The summed E-state index contributed by atoms with van der Waals surface area (Å²) in [6.45, 7) is 2.21. The summed E-state index contributed by atoms with van der Waals surface area (Å²) in [6.07, 6.45) is 0.731. The standard InChI is InChI=1S/C9H11N2O2/c1-2-7-3-8(6-10)5-9(4-7)11(12)13/h4-5H,2,6,10H2,1H3. The maximum absolute atomic E-state index is 10.5. The van der Waals surface area contributed by atoms with Crippen molar-refractivity contribution >= 4 is 5.69 Å². The lowest BCUT2D eigenvalue weighted by Gasteiger charge is -2.00. The van der Waals surface area contributed by atoms with Gasteiger partial charge in [0.1, 0.15) is 0 Å². The molecule has 0 spiro atoms. The summed E-state index contributed by atoms with van der Waals surface area (Å²) in [7, 11) is 0. The third-order valence-corrected chi connectivity index (χ3v) is 1.78. The van der Waals surface area contributed by atoms with Crippen molar-refractivity contribution in [3.63, 3.8) is 0 Å². The van der Waals surface area contributed by atoms with Gasteiger partial charge in [0.2, 0.25) is 0 Å². The maximum Gasteiger partial charge on any atom is 0.270 e. The highest BCUT2D eigenvalue weighted by Gasteiger charge is 2.08. The molecule has 0 fully saturated rings. The Morgan fingerprint density at radius 3 is 2.62 bits per heavy atom. The van der Waals surface area contributed by atoms with Crippen LogP contribution in [0.5, 0.6) is 0 Å². The van der Waals surface area contributed by atoms with Crippen molar-refractivity contribution in [3.8, 4) is 0 Å². The van der Waals surface area contributed by atoms with Gasteiger partial charge in [0.25, 0.3) is 5.69 Å². The normalized spacial score (nSPS) is 10.0. The predicted molar refractivity (Wildman–Crippen MR) is 49.2 cm³/mol. The summed E-state index contributed by atoms with van der Waals surface area (Å²) in [5.74, 6) is 0. The molecule has 2 N–H and O–H groups in total. The van der Waals surface area contributed by atoms with Crippen LogP contribution in [-0.4, -0.2) is 4.92 Å². The Balaban J connectivity index is 3.14. The molecule has 0 atom stereocenters. The van der Waals surface area contributed by atoms with Crippen LogP contribution in [0.3, 0.4) is 0 Å². The first kappa shape index (κ1) is 9.67. The quantitative estimate of drug-likeness (QED) is 0.563. The van der Waals surface area contributed by atoms with Gasteiger partial charge in [-0.1, -0.05) is 6.92 Å². The average molecular weight is 179 g/mol. The van der Waals surface area contributed by atoms with Crippen LogP contribution in [0.1, 0.15) is 18.1 Å². The second-order valence-corrected chi connectivity index (χ2v) is 2.70. The molecule has 0 saturated heterocycles. The van der Waals surface area contributed by atoms with Gasteiger partial charge in [-0.2, -0.15) is 0 Å². The van der Waals surface area contributed by atoms with Crippen molar-refractivity contribution in [3.05, 3.63) is 39.4 Å². The Morgan fingerprint density at radius 1 is 1.54 bits per heavy atom. The molecule has 0 amide bonds. The topological polar surface area (TPSA) is 69.2 Å². The van der Waals surface area contributed by atoms with Crippen molar-refractivity contribution < 1.29 is 4.92 Å². The van der Waals surface area contributed by atoms with Crippen LogP contribution in [0.4, 0.5) is 5.69 Å². The molecule has 0 unspecified atom stereocenters. The summed E-state index contributed by atoms with van der Waals surface area (Å²) in [5, 5.41) is 10.5. The van der Waals surface area contributed by atoms with E-state index in [9.17, 15) is 10.1 Å². The van der Waals surface area contributed by atoms with Crippen LogP contribution in [0.25, 0.3) is 0 Å². The van der Waals surface area contributed by atoms with E-state index in [1.165, 1.54) is 12.1 Å². The van der Waals surface area contributed by atoms with E-state index in [0.29, 0.717) is 5.56 Å². The molecule has 13 heavy (non-hydrogen) atoms. The van der Waals surface area contributed by atoms with Crippen molar-refractivity contribution in [2.24, 2.45) is 5.73 Å². The lowest BCUT2D eigenvalue weighted by Crippen LogP contribution is -2.00. The zero-order valence-electron chi connectivity index (χ0n) is 7.41. The van der Waals surface area contributed by atoms with Gasteiger partial charge < -0.3 is 5.73 Å². The Morgan fingerprint density at radius 2 is 2.15 bits per heavy atom. The minimum Gasteiger partial charge on any atom is -0.326 e. The van der Waals surface area contributed by atoms with Gasteiger partial charge in [0, 0.05) is 18.7 Å². The lowest BCUT2D eigenvalue weighted by molar-refractivity contribution is -0.385. The van der Waals surface area contributed by atoms with Gasteiger partial charge in [-0.15, -0.1) is 0 Å². The second kappa shape index (κ2) is 4.00. The summed E-state index contributed by atoms with van der Waals surface area (Å²) in [4.78, 5) is 10.1. The van der Waals surface area contributed by atoms with Gasteiger partial charge in [-0.3, -0.25) is 10.1 Å². The zero-order valence-corrected chi connectivity index (χ0v) is 7.41. The summed E-state index contributed by atoms with van der Waals surface area (Å²) < 4.78 is 0. The molecular formula is C9H11N2O2. The molecule has 0 heterocycles. The van der Waals surface area contributed by atoms with E-state index < -0.39 is 4.92 Å². The van der Waals surface area contributed by atoms with Crippen molar-refractivity contribution in [2.45, 2.75) is 19.9 Å². The molecule has 1 aromatic rings. The molecule has 0 saturated carbocycles. The maximum atomic E-state index is 10.5. The van der Waals surface area contributed by atoms with Crippen LogP contribution < -0.4 is 5.73 Å². The molecular weight excluding hydrogens is 168 g/mol. The summed E-state index contributed by atoms with van der Waals surface area (Å²) >= 11 is 0. The first-order chi connectivity index (χ1) is 6.17. The third-order valence-electron chi connectivity index (χ3n) is 1.78. The average Bonchev–Trinajstić information content (AvgIpc) is 2.16. The number of nitrogens with two attached hydrogens (primary N) is 1. The van der Waals surface area contributed by atoms with E-state index in [-0.39, 0.29) is 12.2 Å². The second-order valence-electron chi connectivity index (χ2n) is 2.70. The van der Waals surface area contributed by atoms with Gasteiger partial charge in [-0.25, -0.2) is 0 Å². The minimum absolute atomic E-state index is 0.0936. The first-order valence-electron chi connectivity index (χ1n) is 4.07. The molecule has 4 heteroatoms. The van der Waals surface area contributed by atoms with E-state index in [0.717, 1.165) is 12.0 Å². The highest BCUT2D eigenvalue weighted by molar-refractivity contribution is 5.38. The van der Waals surface area contributed by atoms with Crippen molar-refractivity contribution in [1.82, 2.24) is 0 Å². The van der Waals surface area contributed by atoms with E-state index >= 15 is 0 Å². The molecule has 0 bridgehead atoms. The Hall–Kier alpha value is -1.42. The number of aryl methyl sites for hydroxylation is 1. The molecule has 0 aliphatic heterocycles. The van der Waals surface area contributed by atoms with Gasteiger partial charge >= 0.3 is 0 Å². The molecule has 1 radical (unpaired) electrons. The number of hydrogen-bond donors (Lipinski definition) is 1. The zero-order chi connectivity index (χ0) is 9.84. The fourth-order valence-electron chi connectivity index (χ4n) is 1.08. The first-order valence-corrected chi connectivity index (χ1v) is 4.07. The third kappa shape index (κ3) is 2.26. The number of nitro groups is 1. The fraction of sp³-hybridized carbons (Fsp3) is 0.333. The summed E-state index contributed by atoms with van der Waals surface area (Å²) in [6, 6.07) is 5.99. The number of hydrogen-bond acceptors (Lipinski definition) is 3. The smallest absolute Gasteiger partial charge is 0.270 e. The van der Waals surface area contributed by atoms with Crippen LogP contribution in [-0.2, 0) is 13.0 Å². The Kier molecular flexibility index (Phi) is 2.97. The van der Waals surface area contributed by atoms with E-state index in [1.54, 1.807) is 0 Å². The Bertz CT molecular complexity index is 301. The van der Waals surface area contributed by atoms with Crippen LogP contribution in [0, 0.1) is 16.2 Å². The van der Waals surface area contributed by atoms with Crippen LogP contribution in [0.2, 0.25) is 0 Å².